The first-order chi connectivity index (χ1) is 9.77. The molecule has 0 heterocycles. The summed E-state index contributed by atoms with van der Waals surface area (Å²) >= 11 is 0. The molecule has 1 N–H and O–H groups in total. The van der Waals surface area contributed by atoms with E-state index in [1.165, 1.54) is 12.1 Å². The molecule has 0 spiro atoms. The van der Waals surface area contributed by atoms with Gasteiger partial charge >= 0.3 is 0 Å². The number of hydrogen-bond donors (Lipinski definition) is 1. The summed E-state index contributed by atoms with van der Waals surface area (Å²) < 4.78 is 23.0. The summed E-state index contributed by atoms with van der Waals surface area (Å²) in [5.74, 6) is -0.252. The zero-order valence-corrected chi connectivity index (χ0v) is 13.0. The van der Waals surface area contributed by atoms with Gasteiger partial charge in [-0.05, 0) is 43.7 Å². The first kappa shape index (κ1) is 15.3. The molecule has 0 saturated carbocycles. The highest BCUT2D eigenvalue weighted by molar-refractivity contribution is 7.90. The lowest BCUT2D eigenvalue weighted by Gasteiger charge is -2.09. The Balaban J connectivity index is 2.28. The molecule has 0 bridgehead atoms. The Bertz CT molecular complexity index is 795. The van der Waals surface area contributed by atoms with Gasteiger partial charge in [-0.15, -0.1) is 0 Å². The fraction of sp³-hybridized carbons (Fsp3) is 0.188. The molecular formula is C16H17NO3S. The molecule has 0 atom stereocenters. The van der Waals surface area contributed by atoms with Crippen molar-refractivity contribution in [3.05, 3.63) is 59.2 Å². The van der Waals surface area contributed by atoms with Crippen LogP contribution in [-0.4, -0.2) is 20.6 Å². The Hall–Kier alpha value is -2.14. The Morgan fingerprint density at radius 1 is 1.05 bits per heavy atom. The Labute approximate surface area is 124 Å². The molecule has 0 aliphatic rings. The molecule has 0 aliphatic heterocycles. The van der Waals surface area contributed by atoms with E-state index in [0.29, 0.717) is 11.3 Å². The van der Waals surface area contributed by atoms with E-state index >= 15 is 0 Å². The van der Waals surface area contributed by atoms with E-state index in [1.54, 1.807) is 18.2 Å². The summed E-state index contributed by atoms with van der Waals surface area (Å²) in [6, 6.07) is 11.8. The second-order valence-corrected chi connectivity index (χ2v) is 7.09. The van der Waals surface area contributed by atoms with Gasteiger partial charge in [-0.3, -0.25) is 4.79 Å². The zero-order valence-electron chi connectivity index (χ0n) is 12.2. The third kappa shape index (κ3) is 3.70. The third-order valence-corrected chi connectivity index (χ3v) is 4.26. The van der Waals surface area contributed by atoms with E-state index in [2.05, 4.69) is 5.32 Å². The number of amides is 1. The first-order valence-corrected chi connectivity index (χ1v) is 8.35. The van der Waals surface area contributed by atoms with Crippen molar-refractivity contribution in [2.45, 2.75) is 18.7 Å². The van der Waals surface area contributed by atoms with Gasteiger partial charge in [0, 0.05) is 17.5 Å². The number of anilines is 1. The van der Waals surface area contributed by atoms with Crippen molar-refractivity contribution in [1.82, 2.24) is 0 Å². The fourth-order valence-corrected chi connectivity index (χ4v) is 2.74. The Morgan fingerprint density at radius 3 is 2.38 bits per heavy atom. The highest BCUT2D eigenvalue weighted by atomic mass is 32.2. The maximum Gasteiger partial charge on any atom is 0.255 e. The van der Waals surface area contributed by atoms with Gasteiger partial charge in [0.25, 0.3) is 5.91 Å². The van der Waals surface area contributed by atoms with Crippen LogP contribution in [0.5, 0.6) is 0 Å². The summed E-state index contributed by atoms with van der Waals surface area (Å²) in [5.41, 5.74) is 3.00. The molecular weight excluding hydrogens is 286 g/mol. The largest absolute Gasteiger partial charge is 0.322 e. The maximum atomic E-state index is 12.2. The van der Waals surface area contributed by atoms with E-state index in [9.17, 15) is 13.2 Å². The molecule has 0 radical (unpaired) electrons. The highest BCUT2D eigenvalue weighted by Gasteiger charge is 2.11. The molecule has 0 aromatic heterocycles. The van der Waals surface area contributed by atoms with Gasteiger partial charge in [0.2, 0.25) is 0 Å². The molecule has 110 valence electrons. The van der Waals surface area contributed by atoms with Crippen LogP contribution in [0.15, 0.2) is 47.4 Å². The number of benzene rings is 2. The Morgan fingerprint density at radius 2 is 1.76 bits per heavy atom. The van der Waals surface area contributed by atoms with Crippen LogP contribution in [0, 0.1) is 13.8 Å². The molecule has 4 nitrogen and oxygen atoms in total. The van der Waals surface area contributed by atoms with E-state index in [-0.39, 0.29) is 10.8 Å². The van der Waals surface area contributed by atoms with Gasteiger partial charge in [-0.25, -0.2) is 8.42 Å². The number of hydrogen-bond acceptors (Lipinski definition) is 3. The Kier molecular flexibility index (Phi) is 4.14. The maximum absolute atomic E-state index is 12.2. The molecule has 0 unspecified atom stereocenters. The highest BCUT2D eigenvalue weighted by Crippen LogP contribution is 2.17. The number of carbonyl (C=O) groups excluding carboxylic acids is 1. The number of nitrogens with one attached hydrogen (secondary N) is 1. The summed E-state index contributed by atoms with van der Waals surface area (Å²) in [4.78, 5) is 12.4. The van der Waals surface area contributed by atoms with Crippen LogP contribution >= 0.6 is 0 Å². The quantitative estimate of drug-likeness (QED) is 0.948. The van der Waals surface area contributed by atoms with Gasteiger partial charge in [0.15, 0.2) is 9.84 Å². The molecule has 0 aliphatic carbocycles. The number of sulfone groups is 1. The van der Waals surface area contributed by atoms with Crippen molar-refractivity contribution in [2.24, 2.45) is 0 Å². The van der Waals surface area contributed by atoms with Crippen molar-refractivity contribution >= 4 is 21.4 Å². The SMILES string of the molecule is Cc1ccc(C(=O)Nc2cccc(S(C)(=O)=O)c2)c(C)c1. The molecule has 2 aromatic carbocycles. The minimum Gasteiger partial charge on any atom is -0.322 e. The summed E-state index contributed by atoms with van der Waals surface area (Å²) in [5, 5.41) is 2.73. The van der Waals surface area contributed by atoms with E-state index < -0.39 is 9.84 Å². The second kappa shape index (κ2) is 5.69. The lowest BCUT2D eigenvalue weighted by molar-refractivity contribution is 0.102. The minimum atomic E-state index is -3.29. The van der Waals surface area contributed by atoms with Gasteiger partial charge in [-0.1, -0.05) is 23.8 Å². The minimum absolute atomic E-state index is 0.181. The van der Waals surface area contributed by atoms with Crippen molar-refractivity contribution in [1.29, 1.82) is 0 Å². The van der Waals surface area contributed by atoms with Crippen molar-refractivity contribution in [3.8, 4) is 0 Å². The molecule has 5 heteroatoms. The van der Waals surface area contributed by atoms with Crippen LogP contribution < -0.4 is 5.32 Å². The molecule has 1 amide bonds. The number of aryl methyl sites for hydroxylation is 2. The van der Waals surface area contributed by atoms with Gasteiger partial charge in [0.1, 0.15) is 0 Å². The van der Waals surface area contributed by atoms with Crippen LogP contribution in [-0.2, 0) is 9.84 Å². The molecule has 0 fully saturated rings. The van der Waals surface area contributed by atoms with E-state index in [0.717, 1.165) is 17.4 Å². The second-order valence-electron chi connectivity index (χ2n) is 5.07. The topological polar surface area (TPSA) is 63.2 Å². The lowest BCUT2D eigenvalue weighted by Crippen LogP contribution is -2.13. The van der Waals surface area contributed by atoms with Crippen molar-refractivity contribution < 1.29 is 13.2 Å². The molecule has 21 heavy (non-hydrogen) atoms. The van der Waals surface area contributed by atoms with Gasteiger partial charge < -0.3 is 5.32 Å². The van der Waals surface area contributed by atoms with Crippen LogP contribution in [0.4, 0.5) is 5.69 Å². The van der Waals surface area contributed by atoms with E-state index in [4.69, 9.17) is 0 Å². The first-order valence-electron chi connectivity index (χ1n) is 6.46. The number of rotatable bonds is 3. The molecule has 2 rings (SSSR count). The predicted octanol–water partition coefficient (Wildman–Crippen LogP) is 2.96. The summed E-state index contributed by atoms with van der Waals surface area (Å²) in [7, 11) is -3.29. The summed E-state index contributed by atoms with van der Waals surface area (Å²) in [6.07, 6.45) is 1.14. The van der Waals surface area contributed by atoms with Crippen molar-refractivity contribution in [2.75, 3.05) is 11.6 Å². The standard InChI is InChI=1S/C16H17NO3S/c1-11-7-8-15(12(2)9-11)16(18)17-13-5-4-6-14(10-13)21(3,19)20/h4-10H,1-3H3,(H,17,18). The van der Waals surface area contributed by atoms with Gasteiger partial charge in [-0.2, -0.15) is 0 Å². The van der Waals surface area contributed by atoms with Crippen LogP contribution in [0.3, 0.4) is 0 Å². The van der Waals surface area contributed by atoms with Crippen molar-refractivity contribution in [3.63, 3.8) is 0 Å². The predicted molar refractivity (Wildman–Crippen MR) is 83.4 cm³/mol. The zero-order chi connectivity index (χ0) is 15.6. The fourth-order valence-electron chi connectivity index (χ4n) is 2.07. The smallest absolute Gasteiger partial charge is 0.255 e. The lowest BCUT2D eigenvalue weighted by atomic mass is 10.1. The molecule has 2 aromatic rings. The number of carbonyl (C=O) groups is 1. The van der Waals surface area contributed by atoms with Gasteiger partial charge in [0.05, 0.1) is 4.90 Å². The van der Waals surface area contributed by atoms with E-state index in [1.807, 2.05) is 26.0 Å². The summed E-state index contributed by atoms with van der Waals surface area (Å²) in [6.45, 7) is 3.83. The normalized spacial score (nSPS) is 11.2. The average molecular weight is 303 g/mol. The average Bonchev–Trinajstić information content (AvgIpc) is 2.37. The third-order valence-electron chi connectivity index (χ3n) is 3.15. The monoisotopic (exact) mass is 303 g/mol. The molecule has 0 saturated heterocycles. The van der Waals surface area contributed by atoms with Crippen LogP contribution in [0.25, 0.3) is 0 Å². The van der Waals surface area contributed by atoms with Crippen LogP contribution in [0.1, 0.15) is 21.5 Å². The van der Waals surface area contributed by atoms with Crippen LogP contribution in [0.2, 0.25) is 0 Å².